The van der Waals surface area contributed by atoms with Crippen LogP contribution in [-0.4, -0.2) is 32.5 Å². The van der Waals surface area contributed by atoms with Crippen molar-refractivity contribution in [2.75, 3.05) is 5.75 Å². The smallest absolute Gasteiger partial charge is 0.288 e. The summed E-state index contributed by atoms with van der Waals surface area (Å²) in [4.78, 5) is 49.8. The van der Waals surface area contributed by atoms with Crippen molar-refractivity contribution in [3.8, 4) is 0 Å². The van der Waals surface area contributed by atoms with Gasteiger partial charge in [0.1, 0.15) is 16.3 Å². The van der Waals surface area contributed by atoms with Gasteiger partial charge in [0.25, 0.3) is 11.5 Å². The van der Waals surface area contributed by atoms with Gasteiger partial charge in [-0.25, -0.2) is 4.98 Å². The van der Waals surface area contributed by atoms with Gasteiger partial charge in [-0.2, -0.15) is 11.8 Å². The lowest BCUT2D eigenvalue weighted by atomic mass is 9.97. The molecule has 0 radical (unpaired) electrons. The van der Waals surface area contributed by atoms with Gasteiger partial charge in [-0.1, -0.05) is 6.07 Å². The number of hydrazine groups is 1. The number of carbonyl (C=O) groups is 2. The molecule has 3 aromatic rings. The zero-order valence-electron chi connectivity index (χ0n) is 16.2. The van der Waals surface area contributed by atoms with E-state index in [1.54, 1.807) is 29.5 Å². The van der Waals surface area contributed by atoms with Crippen LogP contribution >= 0.6 is 23.1 Å². The molecule has 8 nitrogen and oxygen atoms in total. The molecule has 156 valence electrons. The monoisotopic (exact) mass is 443 g/mol. The molecule has 3 aromatic heterocycles. The van der Waals surface area contributed by atoms with E-state index in [1.807, 2.05) is 0 Å². The van der Waals surface area contributed by atoms with Gasteiger partial charge in [0.05, 0.1) is 11.1 Å². The normalized spacial score (nSPS) is 13.1. The largest absolute Gasteiger partial charge is 0.309 e. The van der Waals surface area contributed by atoms with Crippen molar-refractivity contribution in [3.63, 3.8) is 0 Å². The molecule has 0 bridgehead atoms. The van der Waals surface area contributed by atoms with Gasteiger partial charge in [-0.3, -0.25) is 30.2 Å². The van der Waals surface area contributed by atoms with Gasteiger partial charge in [0, 0.05) is 23.2 Å². The number of hydrogen-bond donors (Lipinski definition) is 3. The van der Waals surface area contributed by atoms with Crippen LogP contribution in [0.5, 0.6) is 0 Å². The van der Waals surface area contributed by atoms with Crippen LogP contribution in [0, 0.1) is 0 Å². The highest BCUT2D eigenvalue weighted by Gasteiger charge is 2.19. The van der Waals surface area contributed by atoms with Crippen molar-refractivity contribution in [3.05, 3.63) is 56.7 Å². The first kappa shape index (κ1) is 20.5. The van der Waals surface area contributed by atoms with E-state index >= 15 is 0 Å². The minimum absolute atomic E-state index is 0.0648. The number of hydrogen-bond acceptors (Lipinski definition) is 7. The zero-order valence-corrected chi connectivity index (χ0v) is 17.8. The maximum absolute atomic E-state index is 12.5. The molecule has 4 rings (SSSR count). The van der Waals surface area contributed by atoms with E-state index in [-0.39, 0.29) is 23.6 Å². The molecule has 0 aliphatic heterocycles. The molecule has 0 spiro atoms. The predicted molar refractivity (Wildman–Crippen MR) is 118 cm³/mol. The van der Waals surface area contributed by atoms with Crippen LogP contribution < -0.4 is 16.4 Å². The number of rotatable bonds is 6. The number of thioether (sulfide) groups is 1. The van der Waals surface area contributed by atoms with E-state index < -0.39 is 5.91 Å². The Morgan fingerprint density at radius 3 is 2.90 bits per heavy atom. The van der Waals surface area contributed by atoms with E-state index in [2.05, 4.69) is 25.8 Å². The topological polar surface area (TPSA) is 117 Å². The SMILES string of the molecule is O=C(CCSCc1nc2sc3c(c2c(=O)[nH]1)CCCC3)NNC(=O)c1ccccn1. The third kappa shape index (κ3) is 4.71. The number of fused-ring (bicyclic) bond motifs is 3. The number of amides is 2. The first-order chi connectivity index (χ1) is 14.6. The molecule has 0 aromatic carbocycles. The zero-order chi connectivity index (χ0) is 20.9. The lowest BCUT2D eigenvalue weighted by molar-refractivity contribution is -0.121. The maximum Gasteiger partial charge on any atom is 0.288 e. The molecular weight excluding hydrogens is 422 g/mol. The molecule has 1 aliphatic carbocycles. The second-order valence-electron chi connectivity index (χ2n) is 6.92. The van der Waals surface area contributed by atoms with Crippen molar-refractivity contribution < 1.29 is 9.59 Å². The van der Waals surface area contributed by atoms with Crippen molar-refractivity contribution in [1.82, 2.24) is 25.8 Å². The van der Waals surface area contributed by atoms with Gasteiger partial charge in [0.2, 0.25) is 5.91 Å². The number of aryl methyl sites for hydroxylation is 2. The van der Waals surface area contributed by atoms with Gasteiger partial charge in [-0.05, 0) is 43.4 Å². The van der Waals surface area contributed by atoms with Gasteiger partial charge >= 0.3 is 0 Å². The van der Waals surface area contributed by atoms with Gasteiger partial charge in [0.15, 0.2) is 0 Å². The summed E-state index contributed by atoms with van der Waals surface area (Å²) in [6.45, 7) is 0. The van der Waals surface area contributed by atoms with Gasteiger partial charge in [-0.15, -0.1) is 11.3 Å². The van der Waals surface area contributed by atoms with Crippen LogP contribution in [0.2, 0.25) is 0 Å². The molecule has 30 heavy (non-hydrogen) atoms. The van der Waals surface area contributed by atoms with E-state index in [4.69, 9.17) is 0 Å². The third-order valence-corrected chi connectivity index (χ3v) is 6.96. The van der Waals surface area contributed by atoms with Crippen molar-refractivity contribution in [2.24, 2.45) is 0 Å². The van der Waals surface area contributed by atoms with E-state index in [9.17, 15) is 14.4 Å². The first-order valence-electron chi connectivity index (χ1n) is 9.73. The Morgan fingerprint density at radius 2 is 2.07 bits per heavy atom. The highest BCUT2D eigenvalue weighted by molar-refractivity contribution is 7.98. The van der Waals surface area contributed by atoms with Crippen molar-refractivity contribution >= 4 is 45.1 Å². The first-order valence-corrected chi connectivity index (χ1v) is 11.7. The van der Waals surface area contributed by atoms with E-state index in [0.717, 1.165) is 29.5 Å². The van der Waals surface area contributed by atoms with Crippen LogP contribution in [-0.2, 0) is 23.4 Å². The summed E-state index contributed by atoms with van der Waals surface area (Å²) in [5.74, 6) is 0.912. The van der Waals surface area contributed by atoms with Crippen LogP contribution in [0.25, 0.3) is 10.2 Å². The summed E-state index contributed by atoms with van der Waals surface area (Å²) in [7, 11) is 0. The van der Waals surface area contributed by atoms with Crippen LogP contribution in [0.3, 0.4) is 0 Å². The molecule has 3 N–H and O–H groups in total. The Balaban J connectivity index is 1.25. The summed E-state index contributed by atoms with van der Waals surface area (Å²) >= 11 is 3.13. The Labute approximate surface area is 180 Å². The minimum Gasteiger partial charge on any atom is -0.309 e. The lowest BCUT2D eigenvalue weighted by Gasteiger charge is -2.09. The van der Waals surface area contributed by atoms with Crippen LogP contribution in [0.4, 0.5) is 0 Å². The fourth-order valence-electron chi connectivity index (χ4n) is 3.36. The molecular formula is C20H21N5O3S2. The number of aromatic amines is 1. The maximum atomic E-state index is 12.5. The molecule has 3 heterocycles. The highest BCUT2D eigenvalue weighted by atomic mass is 32.2. The fourth-order valence-corrected chi connectivity index (χ4v) is 5.45. The Hall–Kier alpha value is -2.72. The molecule has 1 aliphatic rings. The lowest BCUT2D eigenvalue weighted by Crippen LogP contribution is -2.42. The number of nitrogens with one attached hydrogen (secondary N) is 3. The average molecular weight is 444 g/mol. The van der Waals surface area contributed by atoms with Crippen LogP contribution in [0.15, 0.2) is 29.2 Å². The minimum atomic E-state index is -0.467. The van der Waals surface area contributed by atoms with Crippen molar-refractivity contribution in [1.29, 1.82) is 0 Å². The van der Waals surface area contributed by atoms with E-state index in [1.165, 1.54) is 34.8 Å². The third-order valence-electron chi connectivity index (χ3n) is 4.80. The Morgan fingerprint density at radius 1 is 1.20 bits per heavy atom. The molecule has 0 saturated carbocycles. The number of nitrogens with zero attached hydrogens (tertiary/aromatic N) is 2. The second kappa shape index (κ2) is 9.40. The van der Waals surface area contributed by atoms with Crippen molar-refractivity contribution in [2.45, 2.75) is 37.9 Å². The summed E-state index contributed by atoms with van der Waals surface area (Å²) < 4.78 is 0. The van der Waals surface area contributed by atoms with E-state index in [0.29, 0.717) is 17.3 Å². The van der Waals surface area contributed by atoms with Gasteiger partial charge < -0.3 is 4.98 Å². The Kier molecular flexibility index (Phi) is 6.44. The molecule has 10 heteroatoms. The van der Waals surface area contributed by atoms with Crippen LogP contribution in [0.1, 0.15) is 46.0 Å². The summed E-state index contributed by atoms with van der Waals surface area (Å²) in [5, 5.41) is 0.756. The standard InChI is InChI=1S/C20H21N5O3S2/c26-16(24-25-18(27)13-6-3-4-9-21-13)8-10-29-11-15-22-19(28)17-12-5-1-2-7-14(12)30-20(17)23-15/h3-4,6,9H,1-2,5,7-8,10-11H2,(H,24,26)(H,25,27)(H,22,23,28). The predicted octanol–water partition coefficient (Wildman–Crippen LogP) is 2.34. The molecule has 2 amide bonds. The number of aromatic nitrogens is 3. The summed E-state index contributed by atoms with van der Waals surface area (Å²) in [6.07, 6.45) is 6.03. The number of H-pyrrole nitrogens is 1. The number of thiophene rings is 1. The number of carbonyl (C=O) groups excluding carboxylic acids is 2. The highest BCUT2D eigenvalue weighted by Crippen LogP contribution is 2.33. The summed E-state index contributed by atoms with van der Waals surface area (Å²) in [6, 6.07) is 4.96. The number of pyridine rings is 1. The molecule has 0 unspecified atom stereocenters. The Bertz CT molecular complexity index is 1130. The molecule has 0 saturated heterocycles. The quantitative estimate of drug-likeness (QED) is 0.398. The fraction of sp³-hybridized carbons (Fsp3) is 0.350. The average Bonchev–Trinajstić information content (AvgIpc) is 3.14. The molecule has 0 atom stereocenters. The second-order valence-corrected chi connectivity index (χ2v) is 9.11. The molecule has 0 fully saturated rings. The summed E-state index contributed by atoms with van der Waals surface area (Å²) in [5.41, 5.74) is 6.06.